The van der Waals surface area contributed by atoms with Crippen LogP contribution in [-0.2, 0) is 7.05 Å². The Labute approximate surface area is 179 Å². The van der Waals surface area contributed by atoms with Crippen LogP contribution in [0, 0.1) is 17.6 Å². The molecule has 1 saturated carbocycles. The number of hydrogen-bond acceptors (Lipinski definition) is 4. The van der Waals surface area contributed by atoms with Crippen molar-refractivity contribution in [3.63, 3.8) is 0 Å². The van der Waals surface area contributed by atoms with E-state index < -0.39 is 11.6 Å². The Balaban J connectivity index is 1.80. The molecule has 0 unspecified atom stereocenters. The lowest BCUT2D eigenvalue weighted by Crippen LogP contribution is -2.16. The van der Waals surface area contributed by atoms with Gasteiger partial charge in [-0.1, -0.05) is 0 Å². The molecule has 0 saturated heterocycles. The molecule has 7 heteroatoms. The topological polar surface area (TPSA) is 52.5 Å². The summed E-state index contributed by atoms with van der Waals surface area (Å²) in [4.78, 5) is 12.2. The molecule has 0 radical (unpaired) electrons. The van der Waals surface area contributed by atoms with Gasteiger partial charge < -0.3 is 19.4 Å². The molecular formula is C24H24F2N2O3. The Morgan fingerprint density at radius 2 is 1.81 bits per heavy atom. The molecule has 4 rings (SSSR count). The summed E-state index contributed by atoms with van der Waals surface area (Å²) in [6.07, 6.45) is 4.11. The van der Waals surface area contributed by atoms with Crippen LogP contribution in [0.3, 0.4) is 0 Å². The van der Waals surface area contributed by atoms with E-state index in [0.29, 0.717) is 35.2 Å². The number of nitrogens with zero attached hydrogens (tertiary/aromatic N) is 1. The van der Waals surface area contributed by atoms with Crippen molar-refractivity contribution >= 4 is 5.69 Å². The van der Waals surface area contributed by atoms with Crippen LogP contribution in [0.4, 0.5) is 14.5 Å². The van der Waals surface area contributed by atoms with Crippen molar-refractivity contribution in [3.8, 4) is 28.4 Å². The van der Waals surface area contributed by atoms with Gasteiger partial charge in [-0.05, 0) is 56.0 Å². The molecule has 0 aliphatic heterocycles. The monoisotopic (exact) mass is 426 g/mol. The van der Waals surface area contributed by atoms with Gasteiger partial charge in [0.25, 0.3) is 5.56 Å². The summed E-state index contributed by atoms with van der Waals surface area (Å²) in [5.41, 5.74) is 1.94. The van der Waals surface area contributed by atoms with E-state index in [1.54, 1.807) is 19.3 Å². The zero-order valence-corrected chi connectivity index (χ0v) is 17.5. The van der Waals surface area contributed by atoms with Crippen molar-refractivity contribution in [2.24, 2.45) is 13.0 Å². The maximum atomic E-state index is 14.2. The van der Waals surface area contributed by atoms with Gasteiger partial charge in [0.2, 0.25) is 0 Å². The Kier molecular flexibility index (Phi) is 5.93. The second-order valence-electron chi connectivity index (χ2n) is 7.65. The summed E-state index contributed by atoms with van der Waals surface area (Å²) in [6, 6.07) is 10.1. The van der Waals surface area contributed by atoms with Crippen LogP contribution >= 0.6 is 0 Å². The first-order valence-electron chi connectivity index (χ1n) is 10.3. The van der Waals surface area contributed by atoms with E-state index in [9.17, 15) is 13.6 Å². The summed E-state index contributed by atoms with van der Waals surface area (Å²) in [5, 5.41) is 3.42. The number of aromatic nitrogens is 1. The average molecular weight is 426 g/mol. The fraction of sp³-hybridized carbons (Fsp3) is 0.292. The van der Waals surface area contributed by atoms with Gasteiger partial charge in [-0.2, -0.15) is 0 Å². The second-order valence-corrected chi connectivity index (χ2v) is 7.65. The summed E-state index contributed by atoms with van der Waals surface area (Å²) < 4.78 is 40.5. The zero-order valence-electron chi connectivity index (χ0n) is 17.5. The van der Waals surface area contributed by atoms with Crippen LogP contribution in [0.1, 0.15) is 19.8 Å². The van der Waals surface area contributed by atoms with Crippen molar-refractivity contribution in [1.29, 1.82) is 0 Å². The Morgan fingerprint density at radius 3 is 2.52 bits per heavy atom. The van der Waals surface area contributed by atoms with E-state index in [-0.39, 0.29) is 11.3 Å². The van der Waals surface area contributed by atoms with Gasteiger partial charge in [0.15, 0.2) is 11.6 Å². The minimum absolute atomic E-state index is 0.0934. The number of anilines is 1. The number of benzene rings is 2. The van der Waals surface area contributed by atoms with Crippen LogP contribution in [0.2, 0.25) is 0 Å². The minimum Gasteiger partial charge on any atom is -0.493 e. The highest BCUT2D eigenvalue weighted by molar-refractivity contribution is 5.78. The molecule has 1 aliphatic carbocycles. The summed E-state index contributed by atoms with van der Waals surface area (Å²) in [7, 11) is 1.65. The van der Waals surface area contributed by atoms with E-state index in [1.165, 1.54) is 29.5 Å². The molecule has 1 fully saturated rings. The number of aryl methyl sites for hydroxylation is 1. The lowest BCUT2D eigenvalue weighted by Gasteiger charge is -2.17. The number of ether oxygens (including phenoxy) is 2. The molecule has 0 spiro atoms. The van der Waals surface area contributed by atoms with Gasteiger partial charge in [-0.3, -0.25) is 4.79 Å². The van der Waals surface area contributed by atoms with Gasteiger partial charge >= 0.3 is 0 Å². The highest BCUT2D eigenvalue weighted by atomic mass is 19.1. The summed E-state index contributed by atoms with van der Waals surface area (Å²) in [5.74, 6) is -0.112. The molecule has 0 bridgehead atoms. The SMILES string of the molecule is CCOc1cc(=O)n(C)cc1-c1cc(NCC2CC2)ccc1Oc1ccc(F)cc1F. The van der Waals surface area contributed by atoms with Crippen molar-refractivity contribution in [2.45, 2.75) is 19.8 Å². The third-order valence-corrected chi connectivity index (χ3v) is 5.17. The standard InChI is InChI=1S/C24H24F2N2O3/c1-3-30-23-12-24(29)28(2)14-19(23)18-11-17(27-13-15-4-5-15)7-9-21(18)31-22-8-6-16(25)10-20(22)26/h6-12,14-15,27H,3-5,13H2,1-2H3. The molecule has 0 amide bonds. The fourth-order valence-corrected chi connectivity index (χ4v) is 3.29. The molecule has 162 valence electrons. The van der Waals surface area contributed by atoms with Crippen LogP contribution in [-0.4, -0.2) is 17.7 Å². The zero-order chi connectivity index (χ0) is 22.0. The van der Waals surface area contributed by atoms with Crippen LogP contribution in [0.5, 0.6) is 17.2 Å². The smallest absolute Gasteiger partial charge is 0.254 e. The average Bonchev–Trinajstić information content (AvgIpc) is 3.56. The lowest BCUT2D eigenvalue weighted by atomic mass is 10.0. The van der Waals surface area contributed by atoms with Crippen molar-refractivity contribution in [1.82, 2.24) is 4.57 Å². The van der Waals surface area contributed by atoms with Gasteiger partial charge in [0, 0.05) is 48.7 Å². The first kappa shape index (κ1) is 20.9. The first-order valence-corrected chi connectivity index (χ1v) is 10.3. The number of rotatable bonds is 8. The van der Waals surface area contributed by atoms with Gasteiger partial charge in [-0.25, -0.2) is 8.78 Å². The van der Waals surface area contributed by atoms with E-state index in [1.807, 2.05) is 19.1 Å². The number of nitrogens with one attached hydrogen (secondary N) is 1. The van der Waals surface area contributed by atoms with E-state index in [0.717, 1.165) is 24.4 Å². The largest absolute Gasteiger partial charge is 0.493 e. The molecule has 5 nitrogen and oxygen atoms in total. The second kappa shape index (κ2) is 8.79. The van der Waals surface area contributed by atoms with E-state index >= 15 is 0 Å². The Morgan fingerprint density at radius 1 is 1.03 bits per heavy atom. The van der Waals surface area contributed by atoms with Gasteiger partial charge in [0.05, 0.1) is 6.61 Å². The molecule has 2 aromatic carbocycles. The van der Waals surface area contributed by atoms with Crippen LogP contribution in [0.15, 0.2) is 53.5 Å². The predicted molar refractivity (Wildman–Crippen MR) is 116 cm³/mol. The quantitative estimate of drug-likeness (QED) is 0.528. The molecular weight excluding hydrogens is 402 g/mol. The van der Waals surface area contributed by atoms with Crippen LogP contribution < -0.4 is 20.3 Å². The molecule has 1 N–H and O–H groups in total. The van der Waals surface area contributed by atoms with Crippen molar-refractivity contribution < 1.29 is 18.3 Å². The van der Waals surface area contributed by atoms with Crippen molar-refractivity contribution in [3.05, 3.63) is 70.6 Å². The molecule has 0 atom stereocenters. The lowest BCUT2D eigenvalue weighted by molar-refractivity contribution is 0.340. The highest BCUT2D eigenvalue weighted by Gasteiger charge is 2.21. The van der Waals surface area contributed by atoms with Crippen molar-refractivity contribution in [2.75, 3.05) is 18.5 Å². The normalized spacial score (nSPS) is 13.2. The predicted octanol–water partition coefficient (Wildman–Crippen LogP) is 5.34. The van der Waals surface area contributed by atoms with E-state index in [2.05, 4.69) is 5.32 Å². The number of hydrogen-bond donors (Lipinski definition) is 1. The maximum Gasteiger partial charge on any atom is 0.254 e. The van der Waals surface area contributed by atoms with Gasteiger partial charge in [0.1, 0.15) is 17.3 Å². The summed E-state index contributed by atoms with van der Waals surface area (Å²) in [6.45, 7) is 3.08. The molecule has 3 aromatic rings. The molecule has 1 aliphatic rings. The third kappa shape index (κ3) is 4.87. The maximum absolute atomic E-state index is 14.2. The Bertz CT molecular complexity index is 1160. The highest BCUT2D eigenvalue weighted by Crippen LogP contribution is 2.40. The van der Waals surface area contributed by atoms with E-state index in [4.69, 9.17) is 9.47 Å². The fourth-order valence-electron chi connectivity index (χ4n) is 3.29. The summed E-state index contributed by atoms with van der Waals surface area (Å²) >= 11 is 0. The minimum atomic E-state index is -0.799. The molecule has 1 heterocycles. The molecule has 1 aromatic heterocycles. The third-order valence-electron chi connectivity index (χ3n) is 5.17. The number of pyridine rings is 1. The molecule has 31 heavy (non-hydrogen) atoms. The Hall–Kier alpha value is -3.35. The van der Waals surface area contributed by atoms with Crippen LogP contribution in [0.25, 0.3) is 11.1 Å². The van der Waals surface area contributed by atoms with Gasteiger partial charge in [-0.15, -0.1) is 0 Å². The number of halogens is 2. The first-order chi connectivity index (χ1) is 14.9.